The summed E-state index contributed by atoms with van der Waals surface area (Å²) >= 11 is 0. The van der Waals surface area contributed by atoms with Crippen molar-refractivity contribution in [3.63, 3.8) is 0 Å². The second-order valence-electron chi connectivity index (χ2n) is 6.77. The highest BCUT2D eigenvalue weighted by Gasteiger charge is 2.25. The fraction of sp³-hybridized carbons (Fsp3) is 0.300. The highest BCUT2D eigenvalue weighted by Crippen LogP contribution is 2.25. The monoisotopic (exact) mass is 349 g/mol. The van der Waals surface area contributed by atoms with Crippen molar-refractivity contribution in [2.24, 2.45) is 0 Å². The van der Waals surface area contributed by atoms with E-state index in [0.717, 1.165) is 41.5 Å². The summed E-state index contributed by atoms with van der Waals surface area (Å²) in [6, 6.07) is 13.9. The van der Waals surface area contributed by atoms with E-state index in [0.29, 0.717) is 18.1 Å². The molecule has 134 valence electrons. The van der Waals surface area contributed by atoms with Gasteiger partial charge >= 0.3 is 0 Å². The van der Waals surface area contributed by atoms with E-state index in [1.165, 1.54) is 0 Å². The minimum atomic E-state index is -0.308. The van der Waals surface area contributed by atoms with Gasteiger partial charge in [-0.3, -0.25) is 4.98 Å². The van der Waals surface area contributed by atoms with Crippen LogP contribution in [0.4, 0.5) is 17.3 Å². The smallest absolute Gasteiger partial charge is 0.151 e. The molecule has 6 nitrogen and oxygen atoms in total. The second kappa shape index (κ2) is 7.17. The predicted molar refractivity (Wildman–Crippen MR) is 105 cm³/mol. The van der Waals surface area contributed by atoms with Crippen molar-refractivity contribution < 1.29 is 5.11 Å². The molecule has 2 atom stereocenters. The molecule has 0 spiro atoms. The van der Waals surface area contributed by atoms with Gasteiger partial charge in [-0.15, -0.1) is 0 Å². The molecule has 1 aliphatic carbocycles. The number of hydrogen-bond acceptors (Lipinski definition) is 6. The van der Waals surface area contributed by atoms with E-state index < -0.39 is 0 Å². The Labute approximate surface area is 152 Å². The van der Waals surface area contributed by atoms with Crippen LogP contribution in [0.25, 0.3) is 10.9 Å². The third-order valence-corrected chi connectivity index (χ3v) is 4.87. The highest BCUT2D eigenvalue weighted by molar-refractivity contribution is 5.79. The number of nitrogens with one attached hydrogen (secondary N) is 2. The van der Waals surface area contributed by atoms with Crippen LogP contribution in [-0.2, 0) is 6.54 Å². The van der Waals surface area contributed by atoms with Gasteiger partial charge in [-0.25, -0.2) is 4.98 Å². The molecule has 1 aliphatic rings. The lowest BCUT2D eigenvalue weighted by Gasteiger charge is -2.18. The Kier molecular flexibility index (Phi) is 4.58. The third kappa shape index (κ3) is 3.55. The normalized spacial score (nSPS) is 19.6. The zero-order valence-corrected chi connectivity index (χ0v) is 14.5. The minimum Gasteiger partial charge on any atom is -0.396 e. The third-order valence-electron chi connectivity index (χ3n) is 4.87. The molecule has 0 unspecified atom stereocenters. The first-order valence-electron chi connectivity index (χ1n) is 8.98. The van der Waals surface area contributed by atoms with E-state index in [1.807, 2.05) is 24.3 Å². The Hall–Kier alpha value is -2.86. The lowest BCUT2D eigenvalue weighted by atomic mass is 10.1. The van der Waals surface area contributed by atoms with Crippen molar-refractivity contribution in [3.8, 4) is 0 Å². The van der Waals surface area contributed by atoms with Crippen LogP contribution in [0.3, 0.4) is 0 Å². The molecule has 2 aromatic heterocycles. The van der Waals surface area contributed by atoms with E-state index in [4.69, 9.17) is 5.73 Å². The second-order valence-corrected chi connectivity index (χ2v) is 6.77. The average Bonchev–Trinajstić information content (AvgIpc) is 3.06. The van der Waals surface area contributed by atoms with Crippen LogP contribution in [0.1, 0.15) is 24.8 Å². The van der Waals surface area contributed by atoms with E-state index in [-0.39, 0.29) is 12.1 Å². The first kappa shape index (κ1) is 16.6. The Balaban J connectivity index is 1.47. The number of pyridine rings is 2. The standard InChI is InChI=1S/C20H23N5O/c21-15-7-9-19(24-17-4-1-5-18(17)26)25-20(15)23-12-13-6-8-16-14(11-13)3-2-10-22-16/h2-3,6-11,17-18,26H,1,4-5,12,21H2,(H2,23,24,25)/t17-,18-/m1/s1. The van der Waals surface area contributed by atoms with Gasteiger partial charge in [0.05, 0.1) is 23.3 Å². The van der Waals surface area contributed by atoms with Gasteiger partial charge in [-0.05, 0) is 55.2 Å². The first-order chi connectivity index (χ1) is 12.7. The van der Waals surface area contributed by atoms with Crippen molar-refractivity contribution in [1.29, 1.82) is 0 Å². The number of rotatable bonds is 5. The topological polar surface area (TPSA) is 96.1 Å². The molecule has 4 rings (SSSR count). The maximum absolute atomic E-state index is 9.98. The lowest BCUT2D eigenvalue weighted by molar-refractivity contribution is 0.171. The van der Waals surface area contributed by atoms with Gasteiger partial charge in [-0.1, -0.05) is 12.1 Å². The maximum atomic E-state index is 9.98. The van der Waals surface area contributed by atoms with Crippen molar-refractivity contribution >= 4 is 28.2 Å². The number of anilines is 3. The van der Waals surface area contributed by atoms with Gasteiger partial charge < -0.3 is 21.5 Å². The molecule has 0 bridgehead atoms. The van der Waals surface area contributed by atoms with E-state index in [9.17, 15) is 5.11 Å². The van der Waals surface area contributed by atoms with Crippen molar-refractivity contribution in [2.75, 3.05) is 16.4 Å². The number of nitrogens with two attached hydrogens (primary N) is 1. The number of aromatic nitrogens is 2. The number of nitrogen functional groups attached to an aromatic ring is 1. The Morgan fingerprint density at radius 1 is 1.15 bits per heavy atom. The Morgan fingerprint density at radius 2 is 2.08 bits per heavy atom. The number of aliphatic hydroxyl groups excluding tert-OH is 1. The van der Waals surface area contributed by atoms with Crippen molar-refractivity contribution in [2.45, 2.75) is 38.0 Å². The summed E-state index contributed by atoms with van der Waals surface area (Å²) in [5.74, 6) is 1.38. The molecule has 0 saturated heterocycles. The molecule has 0 aliphatic heterocycles. The Bertz CT molecular complexity index is 914. The lowest BCUT2D eigenvalue weighted by Crippen LogP contribution is -2.28. The van der Waals surface area contributed by atoms with Crippen LogP contribution < -0.4 is 16.4 Å². The minimum absolute atomic E-state index is 0.0620. The fourth-order valence-electron chi connectivity index (χ4n) is 3.41. The summed E-state index contributed by atoms with van der Waals surface area (Å²) in [4.78, 5) is 8.92. The Morgan fingerprint density at radius 3 is 2.92 bits per heavy atom. The highest BCUT2D eigenvalue weighted by atomic mass is 16.3. The quantitative estimate of drug-likeness (QED) is 0.565. The van der Waals surface area contributed by atoms with Crippen LogP contribution in [0.15, 0.2) is 48.7 Å². The van der Waals surface area contributed by atoms with Crippen LogP contribution in [0.5, 0.6) is 0 Å². The number of benzene rings is 1. The SMILES string of the molecule is Nc1ccc(N[C@@H]2CCC[C@H]2O)nc1NCc1ccc2ncccc2c1. The van der Waals surface area contributed by atoms with Crippen LogP contribution in [0, 0.1) is 0 Å². The molecule has 1 aromatic carbocycles. The van der Waals surface area contributed by atoms with Gasteiger partial charge in [0, 0.05) is 18.1 Å². The summed E-state index contributed by atoms with van der Waals surface area (Å²) in [6.45, 7) is 0.623. The zero-order valence-electron chi connectivity index (χ0n) is 14.5. The van der Waals surface area contributed by atoms with Gasteiger partial charge in [0.25, 0.3) is 0 Å². The first-order valence-corrected chi connectivity index (χ1v) is 8.98. The predicted octanol–water partition coefficient (Wildman–Crippen LogP) is 3.15. The molecule has 6 heteroatoms. The zero-order chi connectivity index (χ0) is 17.9. The van der Waals surface area contributed by atoms with Crippen LogP contribution >= 0.6 is 0 Å². The molecule has 26 heavy (non-hydrogen) atoms. The number of aliphatic hydroxyl groups is 1. The van der Waals surface area contributed by atoms with E-state index in [1.54, 1.807) is 6.20 Å². The number of nitrogens with zero attached hydrogens (tertiary/aromatic N) is 2. The molecular formula is C20H23N5O. The van der Waals surface area contributed by atoms with Crippen LogP contribution in [-0.4, -0.2) is 27.2 Å². The number of fused-ring (bicyclic) bond motifs is 1. The molecule has 3 aromatic rings. The molecule has 5 N–H and O–H groups in total. The summed E-state index contributed by atoms with van der Waals surface area (Å²) in [5.41, 5.74) is 8.79. The van der Waals surface area contributed by atoms with Crippen molar-refractivity contribution in [1.82, 2.24) is 9.97 Å². The van der Waals surface area contributed by atoms with Gasteiger partial charge in [0.1, 0.15) is 5.82 Å². The average molecular weight is 349 g/mol. The molecule has 1 saturated carbocycles. The number of hydrogen-bond donors (Lipinski definition) is 4. The maximum Gasteiger partial charge on any atom is 0.151 e. The van der Waals surface area contributed by atoms with Gasteiger partial charge in [0.15, 0.2) is 5.82 Å². The summed E-state index contributed by atoms with van der Waals surface area (Å²) in [7, 11) is 0. The molecular weight excluding hydrogens is 326 g/mol. The summed E-state index contributed by atoms with van der Waals surface area (Å²) < 4.78 is 0. The molecule has 1 fully saturated rings. The van der Waals surface area contributed by atoms with Crippen molar-refractivity contribution in [3.05, 3.63) is 54.2 Å². The van der Waals surface area contributed by atoms with E-state index in [2.05, 4.69) is 38.8 Å². The largest absolute Gasteiger partial charge is 0.396 e. The van der Waals surface area contributed by atoms with Gasteiger partial charge in [0.2, 0.25) is 0 Å². The van der Waals surface area contributed by atoms with Crippen LogP contribution in [0.2, 0.25) is 0 Å². The van der Waals surface area contributed by atoms with Gasteiger partial charge in [-0.2, -0.15) is 0 Å². The fourth-order valence-corrected chi connectivity index (χ4v) is 3.41. The van der Waals surface area contributed by atoms with E-state index >= 15 is 0 Å². The summed E-state index contributed by atoms with van der Waals surface area (Å²) in [5, 5.41) is 17.7. The molecule has 0 amide bonds. The summed E-state index contributed by atoms with van der Waals surface area (Å²) in [6.07, 6.45) is 4.33. The molecule has 2 heterocycles. The molecule has 0 radical (unpaired) electrons.